The van der Waals surface area contributed by atoms with Crippen LogP contribution >= 0.6 is 0 Å². The molecule has 2 N–H and O–H groups in total. The average Bonchev–Trinajstić information content (AvgIpc) is 2.80. The normalized spacial score (nSPS) is 10.5. The molecule has 0 aliphatic carbocycles. The van der Waals surface area contributed by atoms with Crippen molar-refractivity contribution in [3.63, 3.8) is 0 Å². The van der Waals surface area contributed by atoms with Crippen LogP contribution in [0.3, 0.4) is 0 Å². The molecular weight excluding hydrogens is 390 g/mol. The molecule has 0 aliphatic rings. The van der Waals surface area contributed by atoms with E-state index in [0.29, 0.717) is 18.7 Å². The first-order valence-electron chi connectivity index (χ1n) is 10.4. The molecule has 0 spiro atoms. The van der Waals surface area contributed by atoms with Gasteiger partial charge in [0, 0.05) is 13.0 Å². The van der Waals surface area contributed by atoms with E-state index >= 15 is 0 Å². The summed E-state index contributed by atoms with van der Waals surface area (Å²) in [6.45, 7) is 0.159. The Kier molecular flexibility index (Phi) is 8.23. The van der Waals surface area contributed by atoms with Crippen molar-refractivity contribution in [2.24, 2.45) is 0 Å². The van der Waals surface area contributed by atoms with Crippen LogP contribution in [0.5, 0.6) is 5.75 Å². The molecule has 5 heteroatoms. The fraction of sp³-hybridized carbons (Fsp3) is 0.231. The number of carboxylic acid groups (broad SMARTS) is 1. The Morgan fingerprint density at radius 1 is 0.774 bits per heavy atom. The maximum absolute atomic E-state index is 12.1. The molecule has 0 saturated heterocycles. The van der Waals surface area contributed by atoms with Crippen LogP contribution in [0.2, 0.25) is 0 Å². The molecule has 5 nitrogen and oxygen atoms in total. The van der Waals surface area contributed by atoms with Gasteiger partial charge >= 0.3 is 5.97 Å². The molecule has 0 fully saturated rings. The van der Waals surface area contributed by atoms with Gasteiger partial charge in [-0.25, -0.2) is 4.79 Å². The largest absolute Gasteiger partial charge is 0.482 e. The summed E-state index contributed by atoms with van der Waals surface area (Å²) in [6, 6.07) is 25.6. The van der Waals surface area contributed by atoms with Crippen molar-refractivity contribution >= 4 is 11.9 Å². The summed E-state index contributed by atoms with van der Waals surface area (Å²) >= 11 is 0. The minimum atomic E-state index is -1.00. The lowest BCUT2D eigenvalue weighted by molar-refractivity contribution is -0.139. The smallest absolute Gasteiger partial charge is 0.341 e. The summed E-state index contributed by atoms with van der Waals surface area (Å²) in [5, 5.41) is 11.6. The van der Waals surface area contributed by atoms with Crippen molar-refractivity contribution in [1.29, 1.82) is 0 Å². The van der Waals surface area contributed by atoms with E-state index in [2.05, 4.69) is 17.4 Å². The topological polar surface area (TPSA) is 75.6 Å². The number of aliphatic carboxylic acids is 1. The Balaban J connectivity index is 1.39. The second-order valence-electron chi connectivity index (χ2n) is 7.37. The highest BCUT2D eigenvalue weighted by atomic mass is 16.5. The van der Waals surface area contributed by atoms with Crippen LogP contribution in [-0.2, 0) is 22.6 Å². The van der Waals surface area contributed by atoms with Crippen molar-refractivity contribution in [3.05, 3.63) is 90.0 Å². The Morgan fingerprint density at radius 2 is 1.42 bits per heavy atom. The highest BCUT2D eigenvalue weighted by molar-refractivity contribution is 5.75. The lowest BCUT2D eigenvalue weighted by atomic mass is 10.0. The number of carbonyl (C=O) groups is 2. The van der Waals surface area contributed by atoms with Crippen molar-refractivity contribution in [2.45, 2.75) is 32.2 Å². The number of benzene rings is 3. The second kappa shape index (κ2) is 11.6. The quantitative estimate of drug-likeness (QED) is 0.438. The zero-order valence-corrected chi connectivity index (χ0v) is 17.4. The molecule has 160 valence electrons. The monoisotopic (exact) mass is 417 g/mol. The number of hydrogen-bond donors (Lipinski definition) is 2. The van der Waals surface area contributed by atoms with Gasteiger partial charge in [-0.2, -0.15) is 0 Å². The predicted molar refractivity (Wildman–Crippen MR) is 121 cm³/mol. The maximum Gasteiger partial charge on any atom is 0.341 e. The van der Waals surface area contributed by atoms with Gasteiger partial charge in [0.15, 0.2) is 6.61 Å². The van der Waals surface area contributed by atoms with Crippen LogP contribution in [0.4, 0.5) is 0 Å². The number of carboxylic acids is 1. The SMILES string of the molecule is O=C(O)COc1ccc(-c2ccc(CNC(=O)CCCCc3ccccc3)cc2)cc1. The molecule has 0 saturated carbocycles. The molecule has 0 radical (unpaired) electrons. The number of ether oxygens (including phenoxy) is 1. The first-order chi connectivity index (χ1) is 15.1. The van der Waals surface area contributed by atoms with Crippen molar-refractivity contribution < 1.29 is 19.4 Å². The van der Waals surface area contributed by atoms with Gasteiger partial charge in [-0.3, -0.25) is 4.79 Å². The van der Waals surface area contributed by atoms with E-state index in [1.165, 1.54) is 5.56 Å². The zero-order valence-electron chi connectivity index (χ0n) is 17.4. The summed E-state index contributed by atoms with van der Waals surface area (Å²) < 4.78 is 5.15. The number of aryl methyl sites for hydroxylation is 1. The zero-order chi connectivity index (χ0) is 21.9. The fourth-order valence-corrected chi connectivity index (χ4v) is 3.25. The van der Waals surface area contributed by atoms with E-state index in [4.69, 9.17) is 9.84 Å². The minimum Gasteiger partial charge on any atom is -0.482 e. The molecule has 3 aromatic rings. The number of carbonyl (C=O) groups excluding carboxylic acids is 1. The van der Waals surface area contributed by atoms with Crippen LogP contribution in [-0.4, -0.2) is 23.6 Å². The van der Waals surface area contributed by atoms with Gasteiger partial charge < -0.3 is 15.2 Å². The molecule has 3 rings (SSSR count). The van der Waals surface area contributed by atoms with E-state index < -0.39 is 5.97 Å². The summed E-state index contributed by atoms with van der Waals surface area (Å²) in [4.78, 5) is 22.6. The molecule has 1 amide bonds. The summed E-state index contributed by atoms with van der Waals surface area (Å²) in [7, 11) is 0. The Morgan fingerprint density at radius 3 is 2.06 bits per heavy atom. The summed E-state index contributed by atoms with van der Waals surface area (Å²) in [6.07, 6.45) is 3.43. The van der Waals surface area contributed by atoms with Crippen LogP contribution in [0, 0.1) is 0 Å². The Hall–Kier alpha value is -3.60. The summed E-state index contributed by atoms with van der Waals surface area (Å²) in [5.41, 5.74) is 4.41. The lowest BCUT2D eigenvalue weighted by Gasteiger charge is -2.08. The molecular formula is C26H27NO4. The van der Waals surface area contributed by atoms with E-state index in [0.717, 1.165) is 36.0 Å². The average molecular weight is 418 g/mol. The van der Waals surface area contributed by atoms with Crippen LogP contribution in [0.25, 0.3) is 11.1 Å². The van der Waals surface area contributed by atoms with E-state index in [1.807, 2.05) is 54.6 Å². The van der Waals surface area contributed by atoms with Crippen molar-refractivity contribution in [1.82, 2.24) is 5.32 Å². The van der Waals surface area contributed by atoms with Crippen LogP contribution < -0.4 is 10.1 Å². The van der Waals surface area contributed by atoms with E-state index in [9.17, 15) is 9.59 Å². The highest BCUT2D eigenvalue weighted by Crippen LogP contribution is 2.23. The standard InChI is InChI=1S/C26H27NO4/c28-25(9-5-4-8-20-6-2-1-3-7-20)27-18-21-10-12-22(13-11-21)23-14-16-24(17-15-23)31-19-26(29)30/h1-3,6-7,10-17H,4-5,8-9,18-19H2,(H,27,28)(H,29,30). The maximum atomic E-state index is 12.1. The van der Waals surface area contributed by atoms with Gasteiger partial charge in [0.1, 0.15) is 5.75 Å². The van der Waals surface area contributed by atoms with Gasteiger partial charge in [0.25, 0.3) is 0 Å². The summed E-state index contributed by atoms with van der Waals surface area (Å²) in [5.74, 6) is -0.401. The van der Waals surface area contributed by atoms with Gasteiger partial charge in [0.2, 0.25) is 5.91 Å². The van der Waals surface area contributed by atoms with Crippen LogP contribution in [0.1, 0.15) is 30.4 Å². The molecule has 0 bridgehead atoms. The lowest BCUT2D eigenvalue weighted by Crippen LogP contribution is -2.22. The van der Waals surface area contributed by atoms with Gasteiger partial charge in [-0.15, -0.1) is 0 Å². The molecule has 31 heavy (non-hydrogen) atoms. The third kappa shape index (κ3) is 7.63. The third-order valence-corrected chi connectivity index (χ3v) is 4.96. The first-order valence-corrected chi connectivity index (χ1v) is 10.4. The predicted octanol–water partition coefficient (Wildman–Crippen LogP) is 4.85. The van der Waals surface area contributed by atoms with E-state index in [1.54, 1.807) is 12.1 Å². The van der Waals surface area contributed by atoms with Crippen molar-refractivity contribution in [2.75, 3.05) is 6.61 Å². The number of rotatable bonds is 11. The highest BCUT2D eigenvalue weighted by Gasteiger charge is 2.04. The molecule has 3 aromatic carbocycles. The van der Waals surface area contributed by atoms with E-state index in [-0.39, 0.29) is 12.5 Å². The molecule has 0 aliphatic heterocycles. The molecule has 0 unspecified atom stereocenters. The second-order valence-corrected chi connectivity index (χ2v) is 7.37. The van der Waals surface area contributed by atoms with Crippen molar-refractivity contribution in [3.8, 4) is 16.9 Å². The minimum absolute atomic E-state index is 0.0779. The molecule has 0 aromatic heterocycles. The van der Waals surface area contributed by atoms with Gasteiger partial charge in [0.05, 0.1) is 0 Å². The Bertz CT molecular complexity index is 967. The number of nitrogens with one attached hydrogen (secondary N) is 1. The van der Waals surface area contributed by atoms with Gasteiger partial charge in [-0.05, 0) is 53.6 Å². The van der Waals surface area contributed by atoms with Crippen LogP contribution in [0.15, 0.2) is 78.9 Å². The first kappa shape index (κ1) is 22.1. The molecule has 0 atom stereocenters. The molecule has 0 heterocycles. The van der Waals surface area contributed by atoms with Gasteiger partial charge in [-0.1, -0.05) is 66.7 Å². The fourth-order valence-electron chi connectivity index (χ4n) is 3.25. The number of amides is 1. The Labute approximate surface area is 182 Å². The number of unbranched alkanes of at least 4 members (excludes halogenated alkanes) is 1. The number of hydrogen-bond acceptors (Lipinski definition) is 3. The third-order valence-electron chi connectivity index (χ3n) is 4.96.